The summed E-state index contributed by atoms with van der Waals surface area (Å²) in [7, 11) is 4.13. The summed E-state index contributed by atoms with van der Waals surface area (Å²) in [6, 6.07) is 17.7. The van der Waals surface area contributed by atoms with Crippen LogP contribution in [0.1, 0.15) is 18.5 Å². The van der Waals surface area contributed by atoms with Gasteiger partial charge < -0.3 is 15.5 Å². The molecular formula is C23H28N4. The van der Waals surface area contributed by atoms with Gasteiger partial charge in [-0.3, -0.25) is 0 Å². The van der Waals surface area contributed by atoms with Crippen molar-refractivity contribution in [2.24, 2.45) is 5.73 Å². The maximum Gasteiger partial charge on any atom is 0.136 e. The predicted molar refractivity (Wildman–Crippen MR) is 116 cm³/mol. The SMILES string of the molecule is Cc1nc(N2CCC(N)CC2)c2ccccc2c1-c1ccc(N(C)C)cc1. The van der Waals surface area contributed by atoms with Gasteiger partial charge in [0, 0.05) is 55.6 Å². The highest BCUT2D eigenvalue weighted by atomic mass is 15.2. The molecule has 0 spiro atoms. The van der Waals surface area contributed by atoms with Crippen molar-refractivity contribution in [3.63, 3.8) is 0 Å². The van der Waals surface area contributed by atoms with Gasteiger partial charge in [0.25, 0.3) is 0 Å². The lowest BCUT2D eigenvalue weighted by Gasteiger charge is -2.32. The van der Waals surface area contributed by atoms with Crippen molar-refractivity contribution >= 4 is 22.3 Å². The van der Waals surface area contributed by atoms with Gasteiger partial charge in [0.15, 0.2) is 0 Å². The van der Waals surface area contributed by atoms with Crippen molar-refractivity contribution in [3.05, 3.63) is 54.2 Å². The molecule has 4 rings (SSSR count). The Hall–Kier alpha value is -2.59. The maximum absolute atomic E-state index is 6.10. The number of benzene rings is 2. The predicted octanol–water partition coefficient (Wildman–Crippen LogP) is 4.20. The summed E-state index contributed by atoms with van der Waals surface area (Å²) in [5.41, 5.74) is 10.8. The van der Waals surface area contributed by atoms with Crippen LogP contribution in [0.4, 0.5) is 11.5 Å². The van der Waals surface area contributed by atoms with Crippen LogP contribution in [0.25, 0.3) is 21.9 Å². The van der Waals surface area contributed by atoms with Gasteiger partial charge in [-0.2, -0.15) is 0 Å². The van der Waals surface area contributed by atoms with Crippen LogP contribution in [0.2, 0.25) is 0 Å². The van der Waals surface area contributed by atoms with Crippen molar-refractivity contribution in [1.29, 1.82) is 0 Å². The number of hydrogen-bond acceptors (Lipinski definition) is 4. The molecular weight excluding hydrogens is 332 g/mol. The van der Waals surface area contributed by atoms with Gasteiger partial charge in [0.2, 0.25) is 0 Å². The molecule has 1 aromatic heterocycles. The molecule has 1 aliphatic heterocycles. The normalized spacial score (nSPS) is 15.3. The summed E-state index contributed by atoms with van der Waals surface area (Å²) in [5, 5.41) is 2.50. The highest BCUT2D eigenvalue weighted by Gasteiger charge is 2.21. The van der Waals surface area contributed by atoms with Crippen molar-refractivity contribution in [3.8, 4) is 11.1 Å². The molecule has 0 aliphatic carbocycles. The van der Waals surface area contributed by atoms with Crippen LogP contribution in [0.3, 0.4) is 0 Å². The molecule has 1 saturated heterocycles. The third-order valence-electron chi connectivity index (χ3n) is 5.58. The molecule has 0 amide bonds. The minimum atomic E-state index is 0.322. The summed E-state index contributed by atoms with van der Waals surface area (Å²) in [6.07, 6.45) is 2.06. The van der Waals surface area contributed by atoms with Gasteiger partial charge in [-0.25, -0.2) is 4.98 Å². The molecule has 1 aliphatic rings. The number of anilines is 2. The Bertz CT molecular complexity index is 938. The third-order valence-corrected chi connectivity index (χ3v) is 5.58. The van der Waals surface area contributed by atoms with Crippen molar-refractivity contribution in [2.75, 3.05) is 37.0 Å². The molecule has 0 unspecified atom stereocenters. The van der Waals surface area contributed by atoms with E-state index >= 15 is 0 Å². The number of rotatable bonds is 3. The second-order valence-electron chi connectivity index (χ2n) is 7.71. The van der Waals surface area contributed by atoms with E-state index in [2.05, 4.69) is 79.3 Å². The number of fused-ring (bicyclic) bond motifs is 1. The topological polar surface area (TPSA) is 45.4 Å². The van der Waals surface area contributed by atoms with Gasteiger partial charge in [-0.15, -0.1) is 0 Å². The molecule has 4 heteroatoms. The fraction of sp³-hybridized carbons (Fsp3) is 0.348. The molecule has 4 nitrogen and oxygen atoms in total. The summed E-state index contributed by atoms with van der Waals surface area (Å²) >= 11 is 0. The number of aromatic nitrogens is 1. The van der Waals surface area contributed by atoms with Crippen LogP contribution in [0, 0.1) is 6.92 Å². The summed E-state index contributed by atoms with van der Waals surface area (Å²) in [5.74, 6) is 1.10. The second-order valence-corrected chi connectivity index (χ2v) is 7.71. The Morgan fingerprint density at radius 2 is 1.59 bits per heavy atom. The smallest absolute Gasteiger partial charge is 0.136 e. The lowest BCUT2D eigenvalue weighted by atomic mass is 9.96. The van der Waals surface area contributed by atoms with Gasteiger partial charge >= 0.3 is 0 Å². The minimum Gasteiger partial charge on any atom is -0.378 e. The summed E-state index contributed by atoms with van der Waals surface area (Å²) in [6.45, 7) is 4.09. The first-order valence-corrected chi connectivity index (χ1v) is 9.72. The Balaban J connectivity index is 1.83. The molecule has 0 saturated carbocycles. The summed E-state index contributed by atoms with van der Waals surface area (Å²) in [4.78, 5) is 9.58. The van der Waals surface area contributed by atoms with E-state index in [-0.39, 0.29) is 0 Å². The van der Waals surface area contributed by atoms with Crippen LogP contribution in [0.15, 0.2) is 48.5 Å². The van der Waals surface area contributed by atoms with Gasteiger partial charge in [-0.1, -0.05) is 36.4 Å². The molecule has 2 heterocycles. The first-order chi connectivity index (χ1) is 13.0. The monoisotopic (exact) mass is 360 g/mol. The average Bonchev–Trinajstić information content (AvgIpc) is 2.68. The molecule has 1 fully saturated rings. The fourth-order valence-electron chi connectivity index (χ4n) is 4.01. The zero-order valence-corrected chi connectivity index (χ0v) is 16.4. The van der Waals surface area contributed by atoms with Crippen molar-refractivity contribution < 1.29 is 0 Å². The lowest BCUT2D eigenvalue weighted by Crippen LogP contribution is -2.40. The van der Waals surface area contributed by atoms with Gasteiger partial charge in [-0.05, 0) is 42.8 Å². The van der Waals surface area contributed by atoms with Crippen LogP contribution in [-0.2, 0) is 0 Å². The molecule has 140 valence electrons. The van der Waals surface area contributed by atoms with Gasteiger partial charge in [0.05, 0.1) is 0 Å². The third kappa shape index (κ3) is 3.37. The lowest BCUT2D eigenvalue weighted by molar-refractivity contribution is 0.499. The number of piperidine rings is 1. The number of nitrogens with zero attached hydrogens (tertiary/aromatic N) is 3. The molecule has 3 aromatic rings. The number of hydrogen-bond donors (Lipinski definition) is 1. The van der Waals surface area contributed by atoms with E-state index in [1.54, 1.807) is 0 Å². The minimum absolute atomic E-state index is 0.322. The van der Waals surface area contributed by atoms with E-state index in [0.717, 1.165) is 37.4 Å². The highest BCUT2D eigenvalue weighted by molar-refractivity contribution is 6.03. The van der Waals surface area contributed by atoms with Crippen LogP contribution in [-0.4, -0.2) is 38.2 Å². The number of pyridine rings is 1. The molecule has 0 radical (unpaired) electrons. The van der Waals surface area contributed by atoms with Crippen molar-refractivity contribution in [2.45, 2.75) is 25.8 Å². The Labute approximate surface area is 161 Å². The average molecular weight is 361 g/mol. The largest absolute Gasteiger partial charge is 0.378 e. The molecule has 2 N–H and O–H groups in total. The van der Waals surface area contributed by atoms with Crippen LogP contribution in [0.5, 0.6) is 0 Å². The van der Waals surface area contributed by atoms with Crippen LogP contribution >= 0.6 is 0 Å². The van der Waals surface area contributed by atoms with E-state index in [4.69, 9.17) is 10.7 Å². The quantitative estimate of drug-likeness (QED) is 0.760. The molecule has 0 atom stereocenters. The zero-order valence-electron chi connectivity index (χ0n) is 16.4. The molecule has 2 aromatic carbocycles. The molecule has 27 heavy (non-hydrogen) atoms. The maximum atomic E-state index is 6.10. The van der Waals surface area contributed by atoms with Crippen molar-refractivity contribution in [1.82, 2.24) is 4.98 Å². The molecule has 0 bridgehead atoms. The Kier molecular flexibility index (Phi) is 4.75. The van der Waals surface area contributed by atoms with E-state index < -0.39 is 0 Å². The van der Waals surface area contributed by atoms with E-state index in [0.29, 0.717) is 6.04 Å². The van der Waals surface area contributed by atoms with E-state index in [9.17, 15) is 0 Å². The van der Waals surface area contributed by atoms with Gasteiger partial charge in [0.1, 0.15) is 5.82 Å². The first-order valence-electron chi connectivity index (χ1n) is 9.72. The Morgan fingerprint density at radius 3 is 2.22 bits per heavy atom. The summed E-state index contributed by atoms with van der Waals surface area (Å²) < 4.78 is 0. The standard InChI is InChI=1S/C23H28N4/c1-16-22(17-8-10-19(11-9-17)26(2)3)20-6-4-5-7-21(20)23(25-16)27-14-12-18(24)13-15-27/h4-11,18H,12-15,24H2,1-3H3. The zero-order chi connectivity index (χ0) is 19.0. The number of aryl methyl sites for hydroxylation is 1. The van der Waals surface area contributed by atoms with Crippen LogP contribution < -0.4 is 15.5 Å². The van der Waals surface area contributed by atoms with E-state index in [1.807, 2.05) is 0 Å². The highest BCUT2D eigenvalue weighted by Crippen LogP contribution is 2.36. The number of nitrogens with two attached hydrogens (primary N) is 1. The Morgan fingerprint density at radius 1 is 0.963 bits per heavy atom. The fourth-order valence-corrected chi connectivity index (χ4v) is 4.01. The first kappa shape index (κ1) is 17.8. The second kappa shape index (κ2) is 7.20. The van der Waals surface area contributed by atoms with E-state index in [1.165, 1.54) is 27.6 Å².